The molecule has 0 amide bonds. The summed E-state index contributed by atoms with van der Waals surface area (Å²) in [5, 5.41) is 1.84. The van der Waals surface area contributed by atoms with Gasteiger partial charge in [-0.15, -0.1) is 53.6 Å². The monoisotopic (exact) mass is 1080 g/mol. The summed E-state index contributed by atoms with van der Waals surface area (Å²) >= 11 is 0. The number of anilines is 2. The molecule has 9 aromatic rings. The fourth-order valence-electron chi connectivity index (χ4n) is 7.95. The van der Waals surface area contributed by atoms with Gasteiger partial charge in [0.25, 0.3) is 0 Å². The van der Waals surface area contributed by atoms with Gasteiger partial charge in [0.05, 0.1) is 13.7 Å². The van der Waals surface area contributed by atoms with Gasteiger partial charge < -0.3 is 19.1 Å². The van der Waals surface area contributed by atoms with Crippen molar-refractivity contribution >= 4 is 33.2 Å². The molecule has 344 valence electrons. The summed E-state index contributed by atoms with van der Waals surface area (Å²) in [5.74, 6) is 2.96. The first-order chi connectivity index (χ1) is 36.2. The van der Waals surface area contributed by atoms with E-state index < -0.39 is 76.7 Å². The Morgan fingerprint density at radius 3 is 1.82 bits per heavy atom. The van der Waals surface area contributed by atoms with Crippen LogP contribution in [-0.2, 0) is 37.3 Å². The quantitative estimate of drug-likeness (QED) is 0.140. The van der Waals surface area contributed by atoms with Crippen LogP contribution in [0.3, 0.4) is 0 Å². The predicted molar refractivity (Wildman–Crippen MR) is 273 cm³/mol. The van der Waals surface area contributed by atoms with E-state index >= 15 is 0 Å². The second kappa shape index (κ2) is 18.0. The summed E-state index contributed by atoms with van der Waals surface area (Å²) in [5.41, 5.74) is 2.51. The van der Waals surface area contributed by atoms with Crippen LogP contribution < -0.4 is 14.5 Å². The summed E-state index contributed by atoms with van der Waals surface area (Å²) < 4.78 is 96.2. The van der Waals surface area contributed by atoms with Crippen LogP contribution in [0.25, 0.3) is 61.3 Å². The Bertz CT molecular complexity index is 3740. The van der Waals surface area contributed by atoms with Crippen molar-refractivity contribution in [2.24, 2.45) is 0 Å². The molecule has 0 fully saturated rings. The van der Waals surface area contributed by atoms with Crippen LogP contribution in [0.1, 0.15) is 93.2 Å². The van der Waals surface area contributed by atoms with Crippen molar-refractivity contribution in [2.75, 3.05) is 9.80 Å². The maximum Gasteiger partial charge on any atom is 0.137 e. The van der Waals surface area contributed by atoms with Crippen molar-refractivity contribution in [2.45, 2.75) is 78.6 Å². The number of aromatic nitrogens is 5. The first-order valence-corrected chi connectivity index (χ1v) is 22.1. The molecule has 4 heterocycles. The minimum Gasteiger partial charge on any atom is -0.508 e. The van der Waals surface area contributed by atoms with Gasteiger partial charge >= 0.3 is 0 Å². The summed E-state index contributed by atoms with van der Waals surface area (Å²) in [6, 6.07) is 26.5. The Kier molecular flexibility index (Phi) is 9.32. The van der Waals surface area contributed by atoms with E-state index in [9.17, 15) is 0 Å². The third-order valence-corrected chi connectivity index (χ3v) is 11.4. The molecule has 6 aromatic carbocycles. The second-order valence-corrected chi connectivity index (χ2v) is 19.5. The number of para-hydroxylation sites is 2. The van der Waals surface area contributed by atoms with Gasteiger partial charge in [0, 0.05) is 71.9 Å². The molecular weight excluding hydrogens is 1020 g/mol. The van der Waals surface area contributed by atoms with Gasteiger partial charge in [0.15, 0.2) is 0 Å². The van der Waals surface area contributed by atoms with Crippen LogP contribution in [0.15, 0.2) is 158 Å². The average Bonchev–Trinajstić information content (AvgIpc) is 4.12. The molecule has 68 heavy (non-hydrogen) atoms. The number of hydrogen-bond donors (Lipinski definition) is 0. The van der Waals surface area contributed by atoms with Crippen LogP contribution in [0.4, 0.5) is 11.4 Å². The molecule has 0 atom stereocenters. The van der Waals surface area contributed by atoms with Gasteiger partial charge in [-0.3, -0.25) is 0 Å². The molecular formula is C59H54N7OPt-3. The minimum absolute atomic E-state index is 0. The number of rotatable bonds is 8. The second-order valence-electron chi connectivity index (χ2n) is 19.5. The number of pyridine rings is 1. The molecule has 1 aliphatic heterocycles. The van der Waals surface area contributed by atoms with Crippen molar-refractivity contribution in [3.05, 3.63) is 194 Å². The van der Waals surface area contributed by atoms with E-state index in [1.807, 2.05) is 54.6 Å². The predicted octanol–water partition coefficient (Wildman–Crippen LogP) is 14.6. The van der Waals surface area contributed by atoms with Gasteiger partial charge in [0.1, 0.15) is 23.3 Å². The van der Waals surface area contributed by atoms with Gasteiger partial charge in [-0.2, -0.15) is 0 Å². The zero-order valence-electron chi connectivity index (χ0n) is 49.2. The number of hydrogen-bond acceptors (Lipinski definition) is 7. The third kappa shape index (κ3) is 8.98. The molecule has 0 bridgehead atoms. The van der Waals surface area contributed by atoms with Crippen LogP contribution in [0.2, 0.25) is 0 Å². The van der Waals surface area contributed by atoms with E-state index in [2.05, 4.69) is 85.1 Å². The van der Waals surface area contributed by atoms with Crippen LogP contribution in [0, 0.1) is 18.8 Å². The smallest absolute Gasteiger partial charge is 0.137 e. The Morgan fingerprint density at radius 1 is 0.603 bits per heavy atom. The Hall–Kier alpha value is -6.89. The topological polar surface area (TPSA) is 72.2 Å². The molecule has 0 spiro atoms. The van der Waals surface area contributed by atoms with Crippen molar-refractivity contribution in [1.29, 1.82) is 0 Å². The molecule has 1 aliphatic rings. The van der Waals surface area contributed by atoms with E-state index in [1.165, 1.54) is 0 Å². The van der Waals surface area contributed by atoms with Crippen molar-refractivity contribution < 1.29 is 39.5 Å². The molecule has 10 rings (SSSR count). The summed E-state index contributed by atoms with van der Waals surface area (Å²) in [4.78, 5) is 23.4. The van der Waals surface area contributed by atoms with Gasteiger partial charge in [0.2, 0.25) is 0 Å². The Labute approximate surface area is 428 Å². The van der Waals surface area contributed by atoms with Crippen molar-refractivity contribution in [3.63, 3.8) is 0 Å². The molecule has 0 N–H and O–H groups in total. The van der Waals surface area contributed by atoms with E-state index in [-0.39, 0.29) is 49.0 Å². The molecule has 0 saturated heterocycles. The minimum atomic E-state index is -0.573. The fourth-order valence-corrected chi connectivity index (χ4v) is 7.95. The Balaban J connectivity index is 0.00000740. The molecule has 0 unspecified atom stereocenters. The van der Waals surface area contributed by atoms with Crippen LogP contribution in [-0.4, -0.2) is 24.5 Å². The van der Waals surface area contributed by atoms with E-state index in [0.717, 1.165) is 21.9 Å². The zero-order valence-corrected chi connectivity index (χ0v) is 41.4. The molecule has 3 aromatic heterocycles. The van der Waals surface area contributed by atoms with Gasteiger partial charge in [-0.05, 0) is 58.1 Å². The van der Waals surface area contributed by atoms with E-state index in [1.54, 1.807) is 53.3 Å². The van der Waals surface area contributed by atoms with Gasteiger partial charge in [-0.25, -0.2) is 19.9 Å². The first kappa shape index (κ1) is 35.3. The molecule has 0 radical (unpaired) electrons. The van der Waals surface area contributed by atoms with E-state index in [0.29, 0.717) is 51.6 Å². The largest absolute Gasteiger partial charge is 0.508 e. The number of benzene rings is 6. The Morgan fingerprint density at radius 2 is 1.22 bits per heavy atom. The maximum atomic E-state index is 9.02. The van der Waals surface area contributed by atoms with Crippen molar-refractivity contribution in [3.8, 4) is 51.0 Å². The van der Waals surface area contributed by atoms with Crippen molar-refractivity contribution in [1.82, 2.24) is 24.5 Å². The zero-order chi connectivity index (χ0) is 55.4. The normalized spacial score (nSPS) is 15.1. The van der Waals surface area contributed by atoms with E-state index in [4.69, 9.17) is 38.4 Å². The van der Waals surface area contributed by atoms with Crippen LogP contribution >= 0.6 is 0 Å². The first-order valence-electron chi connectivity index (χ1n) is 27.1. The number of ether oxygens (including phenoxy) is 1. The van der Waals surface area contributed by atoms with Crippen LogP contribution in [0.5, 0.6) is 11.5 Å². The SMILES string of the molecule is [2H]c1c([2H])c([2H])c(-c2cccc(-c3c([2H])c([2H])c([2H])c([2H])c3[2H])c2N2C=CN(c3[c-]c(Oc4[c-]c5c(cc4-c4nc(C(C)(C)C)nc(C(C)(C)C)n4)c4ccccc4n5-c4ccccn4)cc(C(C)(C)C)c3)[CH-]2)c([2H])c1[2H].[Pt]. The average molecular weight is 1080 g/mol. The van der Waals surface area contributed by atoms with Gasteiger partial charge in [-0.1, -0.05) is 171 Å². The molecule has 0 aliphatic carbocycles. The summed E-state index contributed by atoms with van der Waals surface area (Å²) in [6.07, 6.45) is 5.18. The standard InChI is InChI=1S/C59H54N7O.Pt/c1-57(2,3)41-33-42(64-31-32-65(38-64)53-44(39-21-12-10-13-22-39)26-20-27-45(53)40-23-14-11-15-24-40)35-43(34-41)67-51-37-50-47(46-25-16-17-28-49(46)66(50)52-29-18-19-30-60-52)36-48(51)54-61-55(58(4,5)6)63-56(62-54)59(7,8)9;/h10-34,36,38H,1-9H3;/q-3;/i10D,11D,12D,13D,14D,15D,21D,22D,23D,24D;. The number of nitrogens with zero attached hydrogens (tertiary/aromatic N) is 7. The third-order valence-electron chi connectivity index (χ3n) is 11.4. The maximum absolute atomic E-state index is 9.02. The molecule has 0 saturated carbocycles. The summed E-state index contributed by atoms with van der Waals surface area (Å²) in [7, 11) is 0. The molecule has 9 heteroatoms. The number of fused-ring (bicyclic) bond motifs is 3. The molecule has 8 nitrogen and oxygen atoms in total. The fraction of sp³-hybridized carbons (Fsp3) is 0.203. The summed E-state index contributed by atoms with van der Waals surface area (Å²) in [6.45, 7) is 20.3.